The molecule has 0 saturated heterocycles. The molecule has 1 aliphatic rings. The van der Waals surface area contributed by atoms with Gasteiger partial charge in [0.25, 0.3) is 0 Å². The number of carbonyl (C=O) groups is 3. The van der Waals surface area contributed by atoms with Gasteiger partial charge in [0.05, 0.1) is 30.7 Å². The second-order valence-corrected chi connectivity index (χ2v) is 4.28. The van der Waals surface area contributed by atoms with Crippen molar-refractivity contribution in [3.8, 4) is 5.75 Å². The third-order valence-corrected chi connectivity index (χ3v) is 2.92. The molecule has 0 unspecified atom stereocenters. The Morgan fingerprint density at radius 3 is 2.70 bits per heavy atom. The van der Waals surface area contributed by atoms with Crippen LogP contribution in [0.25, 0.3) is 0 Å². The molecule has 0 atom stereocenters. The number of nitrogens with zero attached hydrogens (tertiary/aromatic N) is 1. The standard InChI is InChI=1S/C13H13NO6/c15-11-4-6-20-10-2-1-8(13(18)19)7-9(10)14(11)5-3-12(16)17/h1-2,7H,3-6H2,(H,16,17)(H,18,19). The van der Waals surface area contributed by atoms with Crippen molar-refractivity contribution in [2.45, 2.75) is 12.8 Å². The molecule has 0 radical (unpaired) electrons. The highest BCUT2D eigenvalue weighted by Gasteiger charge is 2.24. The van der Waals surface area contributed by atoms with Gasteiger partial charge in [-0.3, -0.25) is 9.59 Å². The fourth-order valence-electron chi connectivity index (χ4n) is 1.95. The van der Waals surface area contributed by atoms with Crippen LogP contribution < -0.4 is 9.64 Å². The Labute approximate surface area is 114 Å². The van der Waals surface area contributed by atoms with E-state index in [1.54, 1.807) is 0 Å². The Morgan fingerprint density at radius 2 is 2.05 bits per heavy atom. The lowest BCUT2D eigenvalue weighted by atomic mass is 10.1. The molecule has 0 aromatic heterocycles. The fraction of sp³-hybridized carbons (Fsp3) is 0.308. The molecule has 7 nitrogen and oxygen atoms in total. The molecule has 2 rings (SSSR count). The molecule has 0 spiro atoms. The van der Waals surface area contributed by atoms with E-state index in [1.807, 2.05) is 0 Å². The van der Waals surface area contributed by atoms with Crippen LogP contribution in [-0.2, 0) is 9.59 Å². The smallest absolute Gasteiger partial charge is 0.335 e. The Balaban J connectivity index is 2.40. The Kier molecular flexibility index (Phi) is 3.88. The van der Waals surface area contributed by atoms with E-state index in [0.29, 0.717) is 11.4 Å². The van der Waals surface area contributed by atoms with Crippen LogP contribution in [0.15, 0.2) is 18.2 Å². The highest BCUT2D eigenvalue weighted by atomic mass is 16.5. The first-order chi connectivity index (χ1) is 9.49. The van der Waals surface area contributed by atoms with Crippen LogP contribution in [0.2, 0.25) is 0 Å². The lowest BCUT2D eigenvalue weighted by molar-refractivity contribution is -0.136. The summed E-state index contributed by atoms with van der Waals surface area (Å²) in [6, 6.07) is 4.18. The maximum Gasteiger partial charge on any atom is 0.335 e. The largest absolute Gasteiger partial charge is 0.491 e. The van der Waals surface area contributed by atoms with E-state index in [4.69, 9.17) is 14.9 Å². The molecule has 1 amide bonds. The maximum atomic E-state index is 12.0. The van der Waals surface area contributed by atoms with Gasteiger partial charge in [0.1, 0.15) is 5.75 Å². The van der Waals surface area contributed by atoms with Crippen molar-refractivity contribution in [1.82, 2.24) is 0 Å². The monoisotopic (exact) mass is 279 g/mol. The minimum atomic E-state index is -1.12. The van der Waals surface area contributed by atoms with Crippen LogP contribution in [0.3, 0.4) is 0 Å². The summed E-state index contributed by atoms with van der Waals surface area (Å²) in [5.41, 5.74) is 0.316. The summed E-state index contributed by atoms with van der Waals surface area (Å²) in [4.78, 5) is 34.9. The fourth-order valence-corrected chi connectivity index (χ4v) is 1.95. The number of anilines is 1. The first-order valence-corrected chi connectivity index (χ1v) is 6.01. The predicted molar refractivity (Wildman–Crippen MR) is 68.1 cm³/mol. The lowest BCUT2D eigenvalue weighted by Crippen LogP contribution is -2.32. The van der Waals surface area contributed by atoms with Gasteiger partial charge >= 0.3 is 11.9 Å². The molecule has 1 aromatic carbocycles. The number of hydrogen-bond acceptors (Lipinski definition) is 4. The lowest BCUT2D eigenvalue weighted by Gasteiger charge is -2.21. The predicted octanol–water partition coefficient (Wildman–Crippen LogP) is 0.975. The molecule has 0 fully saturated rings. The van der Waals surface area contributed by atoms with Crippen LogP contribution in [0.5, 0.6) is 5.75 Å². The second kappa shape index (κ2) is 5.60. The van der Waals surface area contributed by atoms with Gasteiger partial charge in [0.15, 0.2) is 0 Å². The van der Waals surface area contributed by atoms with Gasteiger partial charge in [-0.2, -0.15) is 0 Å². The number of fused-ring (bicyclic) bond motifs is 1. The molecule has 106 valence electrons. The maximum absolute atomic E-state index is 12.0. The average Bonchev–Trinajstić information content (AvgIpc) is 2.54. The molecular weight excluding hydrogens is 266 g/mol. The average molecular weight is 279 g/mol. The zero-order chi connectivity index (χ0) is 14.7. The SMILES string of the molecule is O=C(O)CCN1C(=O)CCOc2ccc(C(=O)O)cc21. The van der Waals surface area contributed by atoms with Crippen LogP contribution in [0, 0.1) is 0 Å². The summed E-state index contributed by atoms with van der Waals surface area (Å²) in [5, 5.41) is 17.7. The molecular formula is C13H13NO6. The van der Waals surface area contributed by atoms with Crippen molar-refractivity contribution < 1.29 is 29.3 Å². The number of ether oxygens (including phenoxy) is 1. The van der Waals surface area contributed by atoms with Crippen molar-refractivity contribution in [1.29, 1.82) is 0 Å². The van der Waals surface area contributed by atoms with E-state index >= 15 is 0 Å². The molecule has 1 aliphatic heterocycles. The van der Waals surface area contributed by atoms with Gasteiger partial charge in [0.2, 0.25) is 5.91 Å². The van der Waals surface area contributed by atoms with E-state index in [-0.39, 0.29) is 37.5 Å². The van der Waals surface area contributed by atoms with E-state index in [1.165, 1.54) is 23.1 Å². The second-order valence-electron chi connectivity index (χ2n) is 4.28. The van der Waals surface area contributed by atoms with Gasteiger partial charge in [-0.05, 0) is 18.2 Å². The number of aliphatic carboxylic acids is 1. The Hall–Kier alpha value is -2.57. The minimum Gasteiger partial charge on any atom is -0.491 e. The van der Waals surface area contributed by atoms with Crippen LogP contribution >= 0.6 is 0 Å². The number of rotatable bonds is 4. The number of aromatic carboxylic acids is 1. The van der Waals surface area contributed by atoms with Gasteiger partial charge in [-0.15, -0.1) is 0 Å². The third kappa shape index (κ3) is 2.87. The van der Waals surface area contributed by atoms with Gasteiger partial charge in [0, 0.05) is 6.54 Å². The molecule has 2 N–H and O–H groups in total. The van der Waals surface area contributed by atoms with Crippen molar-refractivity contribution in [3.05, 3.63) is 23.8 Å². The van der Waals surface area contributed by atoms with Crippen molar-refractivity contribution in [2.24, 2.45) is 0 Å². The van der Waals surface area contributed by atoms with E-state index in [0.717, 1.165) is 0 Å². The summed E-state index contributed by atoms with van der Waals surface area (Å²) < 4.78 is 5.39. The summed E-state index contributed by atoms with van der Waals surface area (Å²) in [6.45, 7) is 0.162. The number of amides is 1. The van der Waals surface area contributed by atoms with Crippen LogP contribution in [-0.4, -0.2) is 41.2 Å². The van der Waals surface area contributed by atoms with Gasteiger partial charge < -0.3 is 19.8 Å². The van der Waals surface area contributed by atoms with Crippen LogP contribution in [0.4, 0.5) is 5.69 Å². The van der Waals surface area contributed by atoms with Crippen molar-refractivity contribution in [2.75, 3.05) is 18.1 Å². The number of carboxylic acid groups (broad SMARTS) is 2. The van der Waals surface area contributed by atoms with Crippen molar-refractivity contribution in [3.63, 3.8) is 0 Å². The molecule has 1 aromatic rings. The number of benzene rings is 1. The summed E-state index contributed by atoms with van der Waals surface area (Å²) in [5.74, 6) is -2.06. The highest BCUT2D eigenvalue weighted by Crippen LogP contribution is 2.32. The molecule has 20 heavy (non-hydrogen) atoms. The minimum absolute atomic E-state index is 0.0161. The van der Waals surface area contributed by atoms with Crippen LogP contribution in [0.1, 0.15) is 23.2 Å². The molecule has 0 saturated carbocycles. The van der Waals surface area contributed by atoms with Gasteiger partial charge in [-0.1, -0.05) is 0 Å². The molecule has 0 aliphatic carbocycles. The Bertz CT molecular complexity index is 568. The number of carbonyl (C=O) groups excluding carboxylic acids is 1. The Morgan fingerprint density at radius 1 is 1.30 bits per heavy atom. The molecule has 7 heteroatoms. The van der Waals surface area contributed by atoms with E-state index in [9.17, 15) is 14.4 Å². The van der Waals surface area contributed by atoms with E-state index < -0.39 is 11.9 Å². The molecule has 0 bridgehead atoms. The van der Waals surface area contributed by atoms with E-state index in [2.05, 4.69) is 0 Å². The van der Waals surface area contributed by atoms with Gasteiger partial charge in [-0.25, -0.2) is 4.79 Å². The highest BCUT2D eigenvalue weighted by molar-refractivity contribution is 5.98. The number of carboxylic acids is 2. The first-order valence-electron chi connectivity index (χ1n) is 6.01. The van der Waals surface area contributed by atoms with Crippen molar-refractivity contribution >= 4 is 23.5 Å². The third-order valence-electron chi connectivity index (χ3n) is 2.92. The quantitative estimate of drug-likeness (QED) is 0.851. The summed E-state index contributed by atoms with van der Waals surface area (Å²) in [6.07, 6.45) is -0.0980. The zero-order valence-corrected chi connectivity index (χ0v) is 10.5. The summed E-state index contributed by atoms with van der Waals surface area (Å²) >= 11 is 0. The topological polar surface area (TPSA) is 104 Å². The number of hydrogen-bond donors (Lipinski definition) is 2. The zero-order valence-electron chi connectivity index (χ0n) is 10.5. The summed E-state index contributed by atoms with van der Waals surface area (Å²) in [7, 11) is 0. The molecule has 1 heterocycles. The first kappa shape index (κ1) is 13.9. The normalized spacial score (nSPS) is 14.2.